The van der Waals surface area contributed by atoms with Gasteiger partial charge in [0.1, 0.15) is 0 Å². The minimum Gasteiger partial charge on any atom is -0.293 e. The molecule has 9 heteroatoms. The van der Waals surface area contributed by atoms with Gasteiger partial charge in [0.2, 0.25) is 10.0 Å². The van der Waals surface area contributed by atoms with Crippen molar-refractivity contribution in [2.45, 2.75) is 0 Å². The van der Waals surface area contributed by atoms with Crippen molar-refractivity contribution in [1.29, 1.82) is 0 Å². The molecule has 1 saturated heterocycles. The Morgan fingerprint density at radius 3 is 2.35 bits per heavy atom. The van der Waals surface area contributed by atoms with E-state index in [-0.39, 0.29) is 5.78 Å². The predicted octanol–water partition coefficient (Wildman–Crippen LogP) is 2.03. The smallest absolute Gasteiger partial charge is 0.211 e. The Morgan fingerprint density at radius 2 is 1.90 bits per heavy atom. The van der Waals surface area contributed by atoms with E-state index in [4.69, 9.17) is 0 Å². The highest BCUT2D eigenvalue weighted by Gasteiger charge is 2.25. The average Bonchev–Trinajstić information content (AvgIpc) is 2.68. The summed E-state index contributed by atoms with van der Waals surface area (Å²) >= 11 is 8.21. The number of sulfonamides is 1. The number of carbonyl (C=O) groups excluding carboxylic acids is 1. The second-order valence-corrected chi connectivity index (χ2v) is 10.3. The van der Waals surface area contributed by atoms with Gasteiger partial charge in [0, 0.05) is 31.7 Å². The number of piperazine rings is 1. The maximum absolute atomic E-state index is 12.2. The number of ketones is 1. The van der Waals surface area contributed by atoms with Crippen molar-refractivity contribution in [2.75, 3.05) is 39.0 Å². The lowest BCUT2D eigenvalue weighted by atomic mass is 10.2. The molecule has 0 amide bonds. The summed E-state index contributed by atoms with van der Waals surface area (Å²) in [5, 5.41) is 0. The van der Waals surface area contributed by atoms with E-state index in [0.717, 1.165) is 7.57 Å². The fourth-order valence-electron chi connectivity index (χ4n) is 2.04. The van der Waals surface area contributed by atoms with Crippen LogP contribution in [0.4, 0.5) is 0 Å². The minimum absolute atomic E-state index is 0.0478. The molecule has 1 fully saturated rings. The van der Waals surface area contributed by atoms with E-state index in [2.05, 4.69) is 31.9 Å². The van der Waals surface area contributed by atoms with E-state index in [1.54, 1.807) is 0 Å². The van der Waals surface area contributed by atoms with Gasteiger partial charge in [-0.2, -0.15) is 4.31 Å². The van der Waals surface area contributed by atoms with Gasteiger partial charge in [-0.1, -0.05) is 0 Å². The van der Waals surface area contributed by atoms with Crippen LogP contribution in [0.1, 0.15) is 10.4 Å². The van der Waals surface area contributed by atoms with Crippen molar-refractivity contribution in [2.24, 2.45) is 0 Å². The van der Waals surface area contributed by atoms with Gasteiger partial charge in [-0.3, -0.25) is 9.69 Å². The largest absolute Gasteiger partial charge is 0.293 e. The Hall–Kier alpha value is 0.200. The Balaban J connectivity index is 1.93. The SMILES string of the molecule is CS(=O)(=O)N1CCN(CC(=O)c2cc(Br)sc2Br)CC1. The maximum atomic E-state index is 12.2. The predicted molar refractivity (Wildman–Crippen MR) is 86.9 cm³/mol. The Morgan fingerprint density at radius 1 is 1.30 bits per heavy atom. The lowest BCUT2D eigenvalue weighted by Gasteiger charge is -2.32. The molecule has 1 aromatic heterocycles. The molecule has 0 unspecified atom stereocenters. The van der Waals surface area contributed by atoms with Crippen LogP contribution in [0, 0.1) is 0 Å². The lowest BCUT2D eigenvalue weighted by Crippen LogP contribution is -2.49. The molecule has 0 radical (unpaired) electrons. The molecule has 1 aliphatic heterocycles. The molecular formula is C11H14Br2N2O3S2. The summed E-state index contributed by atoms with van der Waals surface area (Å²) in [6.07, 6.45) is 1.22. The number of hydrogen-bond acceptors (Lipinski definition) is 5. The van der Waals surface area contributed by atoms with Gasteiger partial charge < -0.3 is 0 Å². The van der Waals surface area contributed by atoms with Crippen LogP contribution in [0.25, 0.3) is 0 Å². The second-order valence-electron chi connectivity index (χ2n) is 4.60. The van der Waals surface area contributed by atoms with Crippen molar-refractivity contribution in [3.8, 4) is 0 Å². The summed E-state index contributed by atoms with van der Waals surface area (Å²) < 4.78 is 26.0. The third kappa shape index (κ3) is 4.11. The summed E-state index contributed by atoms with van der Waals surface area (Å²) in [5.41, 5.74) is 0.674. The zero-order valence-corrected chi connectivity index (χ0v) is 15.6. The van der Waals surface area contributed by atoms with Gasteiger partial charge in [0.25, 0.3) is 0 Å². The summed E-state index contributed by atoms with van der Waals surface area (Å²) in [6, 6.07) is 1.81. The van der Waals surface area contributed by atoms with Crippen LogP contribution in [-0.4, -0.2) is 62.4 Å². The molecule has 20 heavy (non-hydrogen) atoms. The molecule has 0 atom stereocenters. The number of rotatable bonds is 4. The molecule has 2 heterocycles. The minimum atomic E-state index is -3.12. The third-order valence-corrected chi connectivity index (χ3v) is 6.77. The summed E-state index contributed by atoms with van der Waals surface area (Å²) in [6.45, 7) is 2.38. The number of nitrogens with zero attached hydrogens (tertiary/aromatic N) is 2. The number of halogens is 2. The molecular weight excluding hydrogens is 432 g/mol. The van der Waals surface area contributed by atoms with Gasteiger partial charge in [0.05, 0.1) is 20.4 Å². The molecule has 0 bridgehead atoms. The normalized spacial score (nSPS) is 18.4. The average molecular weight is 446 g/mol. The van der Waals surface area contributed by atoms with Crippen LogP contribution >= 0.6 is 43.2 Å². The first-order valence-electron chi connectivity index (χ1n) is 5.93. The zero-order chi connectivity index (χ0) is 14.9. The first kappa shape index (κ1) is 16.6. The number of hydrogen-bond donors (Lipinski definition) is 0. The molecule has 0 saturated carbocycles. The summed E-state index contributed by atoms with van der Waals surface area (Å²) in [7, 11) is -3.12. The molecule has 112 valence electrons. The molecule has 5 nitrogen and oxygen atoms in total. The van der Waals surface area contributed by atoms with Crippen LogP contribution in [0.15, 0.2) is 13.6 Å². The van der Waals surface area contributed by atoms with Crippen molar-refractivity contribution >= 4 is 59.0 Å². The molecule has 0 N–H and O–H groups in total. The zero-order valence-electron chi connectivity index (χ0n) is 10.8. The lowest BCUT2D eigenvalue weighted by molar-refractivity contribution is 0.0901. The van der Waals surface area contributed by atoms with E-state index < -0.39 is 10.0 Å². The standard InChI is InChI=1S/C11H14Br2N2O3S2/c1-20(17,18)15-4-2-14(3-5-15)7-9(16)8-6-10(12)19-11(8)13/h6H,2-5,7H2,1H3. The van der Waals surface area contributed by atoms with Crippen molar-refractivity contribution in [3.05, 3.63) is 19.2 Å². The number of carbonyl (C=O) groups is 1. The van der Waals surface area contributed by atoms with Gasteiger partial charge >= 0.3 is 0 Å². The van der Waals surface area contributed by atoms with E-state index in [1.165, 1.54) is 21.9 Å². The van der Waals surface area contributed by atoms with E-state index >= 15 is 0 Å². The Labute approximate surface area is 139 Å². The van der Waals surface area contributed by atoms with Crippen LogP contribution < -0.4 is 0 Å². The van der Waals surface area contributed by atoms with E-state index in [9.17, 15) is 13.2 Å². The number of Topliss-reactive ketones (excluding diaryl/α,β-unsaturated/α-hetero) is 1. The Bertz CT molecular complexity index is 607. The number of thiophene rings is 1. The highest BCUT2D eigenvalue weighted by Crippen LogP contribution is 2.32. The van der Waals surface area contributed by atoms with Gasteiger partial charge in [-0.25, -0.2) is 8.42 Å². The quantitative estimate of drug-likeness (QED) is 0.665. The monoisotopic (exact) mass is 444 g/mol. The van der Waals surface area contributed by atoms with Crippen molar-refractivity contribution < 1.29 is 13.2 Å². The fourth-order valence-corrected chi connectivity index (χ4v) is 5.72. The van der Waals surface area contributed by atoms with E-state index in [0.29, 0.717) is 38.3 Å². The van der Waals surface area contributed by atoms with Crippen molar-refractivity contribution in [1.82, 2.24) is 9.21 Å². The Kier molecular flexibility index (Phi) is 5.41. The topological polar surface area (TPSA) is 57.7 Å². The van der Waals surface area contributed by atoms with E-state index in [1.807, 2.05) is 11.0 Å². The summed E-state index contributed by atoms with van der Waals surface area (Å²) in [4.78, 5) is 14.2. The fraction of sp³-hybridized carbons (Fsp3) is 0.545. The molecule has 0 aliphatic carbocycles. The molecule has 0 aromatic carbocycles. The van der Waals surface area contributed by atoms with Crippen LogP contribution in [0.3, 0.4) is 0 Å². The van der Waals surface area contributed by atoms with Crippen LogP contribution in [0.5, 0.6) is 0 Å². The maximum Gasteiger partial charge on any atom is 0.211 e. The first-order valence-corrected chi connectivity index (χ1v) is 10.2. The first-order chi connectivity index (χ1) is 9.27. The highest BCUT2D eigenvalue weighted by atomic mass is 79.9. The highest BCUT2D eigenvalue weighted by molar-refractivity contribution is 9.12. The summed E-state index contributed by atoms with van der Waals surface area (Å²) in [5.74, 6) is 0.0478. The molecule has 2 rings (SSSR count). The van der Waals surface area contributed by atoms with Crippen molar-refractivity contribution in [3.63, 3.8) is 0 Å². The van der Waals surface area contributed by atoms with Crippen LogP contribution in [0.2, 0.25) is 0 Å². The molecule has 0 spiro atoms. The molecule has 1 aromatic rings. The third-order valence-electron chi connectivity index (χ3n) is 3.12. The van der Waals surface area contributed by atoms with Gasteiger partial charge in [-0.05, 0) is 37.9 Å². The second kappa shape index (κ2) is 6.53. The van der Waals surface area contributed by atoms with Crippen LogP contribution in [-0.2, 0) is 10.0 Å². The van der Waals surface area contributed by atoms with Gasteiger partial charge in [0.15, 0.2) is 5.78 Å². The molecule has 1 aliphatic rings. The van der Waals surface area contributed by atoms with Gasteiger partial charge in [-0.15, -0.1) is 11.3 Å².